The molecule has 84 valence electrons. The van der Waals surface area contributed by atoms with Gasteiger partial charge in [0.05, 0.1) is 19.3 Å². The van der Waals surface area contributed by atoms with Gasteiger partial charge in [-0.05, 0) is 32.7 Å². The molecule has 3 nitrogen and oxygen atoms in total. The summed E-state index contributed by atoms with van der Waals surface area (Å²) in [6, 6.07) is 0.485. The second-order valence-electron chi connectivity index (χ2n) is 3.92. The molecule has 2 atom stereocenters. The molecular formula is C11H23NO2. The predicted molar refractivity (Wildman–Crippen MR) is 57.5 cm³/mol. The van der Waals surface area contributed by atoms with Gasteiger partial charge in [0.1, 0.15) is 0 Å². The van der Waals surface area contributed by atoms with Gasteiger partial charge in [-0.1, -0.05) is 6.92 Å². The molecule has 2 unspecified atom stereocenters. The van der Waals surface area contributed by atoms with Gasteiger partial charge in [0.2, 0.25) is 0 Å². The second kappa shape index (κ2) is 7.21. The van der Waals surface area contributed by atoms with Crippen LogP contribution in [0.5, 0.6) is 0 Å². The van der Waals surface area contributed by atoms with E-state index in [0.717, 1.165) is 32.7 Å². The molecule has 1 aliphatic heterocycles. The highest BCUT2D eigenvalue weighted by Crippen LogP contribution is 2.12. The van der Waals surface area contributed by atoms with Crippen molar-refractivity contribution in [3.05, 3.63) is 0 Å². The van der Waals surface area contributed by atoms with E-state index < -0.39 is 0 Å². The van der Waals surface area contributed by atoms with Crippen LogP contribution >= 0.6 is 0 Å². The third-order valence-corrected chi connectivity index (χ3v) is 2.80. The fourth-order valence-corrected chi connectivity index (χ4v) is 1.69. The van der Waals surface area contributed by atoms with Crippen molar-refractivity contribution in [1.29, 1.82) is 0 Å². The molecule has 1 saturated heterocycles. The quantitative estimate of drug-likeness (QED) is 0.707. The lowest BCUT2D eigenvalue weighted by Crippen LogP contribution is -2.32. The van der Waals surface area contributed by atoms with Crippen molar-refractivity contribution in [3.63, 3.8) is 0 Å². The average Bonchev–Trinajstić information content (AvgIpc) is 2.26. The zero-order valence-corrected chi connectivity index (χ0v) is 9.42. The summed E-state index contributed by atoms with van der Waals surface area (Å²) in [7, 11) is 1.98. The molecule has 3 heteroatoms. The van der Waals surface area contributed by atoms with Crippen LogP contribution in [0.1, 0.15) is 32.6 Å². The van der Waals surface area contributed by atoms with Gasteiger partial charge in [-0.2, -0.15) is 0 Å². The van der Waals surface area contributed by atoms with Crippen molar-refractivity contribution in [1.82, 2.24) is 5.32 Å². The van der Waals surface area contributed by atoms with E-state index in [-0.39, 0.29) is 0 Å². The van der Waals surface area contributed by atoms with E-state index >= 15 is 0 Å². The van der Waals surface area contributed by atoms with Gasteiger partial charge in [-0.25, -0.2) is 0 Å². The van der Waals surface area contributed by atoms with E-state index in [2.05, 4.69) is 12.2 Å². The van der Waals surface area contributed by atoms with E-state index in [4.69, 9.17) is 9.47 Å². The standard InChI is InChI=1S/C11H23NO2/c1-3-10(12-2)8-13-9-11-6-4-5-7-14-11/h10-12H,3-9H2,1-2H3. The van der Waals surface area contributed by atoms with Crippen LogP contribution in [0, 0.1) is 0 Å². The summed E-state index contributed by atoms with van der Waals surface area (Å²) in [5.74, 6) is 0. The van der Waals surface area contributed by atoms with E-state index in [1.54, 1.807) is 0 Å². The summed E-state index contributed by atoms with van der Waals surface area (Å²) in [4.78, 5) is 0. The number of hydrogen-bond donors (Lipinski definition) is 1. The fraction of sp³-hybridized carbons (Fsp3) is 1.00. The maximum atomic E-state index is 5.63. The fourth-order valence-electron chi connectivity index (χ4n) is 1.69. The monoisotopic (exact) mass is 201 g/mol. The first kappa shape index (κ1) is 12.0. The minimum Gasteiger partial charge on any atom is -0.377 e. The van der Waals surface area contributed by atoms with Crippen molar-refractivity contribution >= 4 is 0 Å². The van der Waals surface area contributed by atoms with Crippen LogP contribution in [-0.2, 0) is 9.47 Å². The SMILES string of the molecule is CCC(COCC1CCCCO1)NC. The average molecular weight is 201 g/mol. The lowest BCUT2D eigenvalue weighted by atomic mass is 10.1. The molecule has 0 spiro atoms. The van der Waals surface area contributed by atoms with Gasteiger partial charge in [0.25, 0.3) is 0 Å². The van der Waals surface area contributed by atoms with E-state index in [1.165, 1.54) is 12.8 Å². The first-order chi connectivity index (χ1) is 6.86. The molecule has 0 radical (unpaired) electrons. The number of ether oxygens (including phenoxy) is 2. The Morgan fingerprint density at radius 1 is 1.50 bits per heavy atom. The smallest absolute Gasteiger partial charge is 0.0808 e. The molecule has 0 aromatic carbocycles. The summed E-state index contributed by atoms with van der Waals surface area (Å²) < 4.78 is 11.2. The Bertz CT molecular complexity index is 131. The lowest BCUT2D eigenvalue weighted by molar-refractivity contribution is -0.0439. The van der Waals surface area contributed by atoms with Crippen LogP contribution in [-0.4, -0.2) is 39.0 Å². The molecule has 0 aliphatic carbocycles. The van der Waals surface area contributed by atoms with Gasteiger partial charge in [-0.15, -0.1) is 0 Å². The Balaban J connectivity index is 2.01. The highest BCUT2D eigenvalue weighted by Gasteiger charge is 2.14. The molecule has 0 aromatic heterocycles. The van der Waals surface area contributed by atoms with Crippen LogP contribution < -0.4 is 5.32 Å². The van der Waals surface area contributed by atoms with Gasteiger partial charge < -0.3 is 14.8 Å². The van der Waals surface area contributed by atoms with Crippen molar-refractivity contribution in [2.45, 2.75) is 44.8 Å². The Hall–Kier alpha value is -0.120. The van der Waals surface area contributed by atoms with Gasteiger partial charge in [-0.3, -0.25) is 0 Å². The third kappa shape index (κ3) is 4.40. The molecule has 1 fully saturated rings. The van der Waals surface area contributed by atoms with E-state index in [0.29, 0.717) is 12.1 Å². The number of likely N-dealkylation sites (N-methyl/N-ethyl adjacent to an activating group) is 1. The maximum Gasteiger partial charge on any atom is 0.0808 e. The summed E-state index contributed by atoms with van der Waals surface area (Å²) in [6.07, 6.45) is 5.12. The minimum absolute atomic E-state index is 0.345. The Morgan fingerprint density at radius 2 is 2.36 bits per heavy atom. The van der Waals surface area contributed by atoms with Gasteiger partial charge in [0, 0.05) is 12.6 Å². The molecule has 1 aliphatic rings. The van der Waals surface area contributed by atoms with Crippen molar-refractivity contribution in [2.24, 2.45) is 0 Å². The maximum absolute atomic E-state index is 5.63. The van der Waals surface area contributed by atoms with Crippen molar-refractivity contribution in [2.75, 3.05) is 26.9 Å². The first-order valence-corrected chi connectivity index (χ1v) is 5.73. The van der Waals surface area contributed by atoms with Gasteiger partial charge >= 0.3 is 0 Å². The van der Waals surface area contributed by atoms with Gasteiger partial charge in [0.15, 0.2) is 0 Å². The second-order valence-corrected chi connectivity index (χ2v) is 3.92. The van der Waals surface area contributed by atoms with Crippen LogP contribution in [0.2, 0.25) is 0 Å². The summed E-state index contributed by atoms with van der Waals surface area (Å²) in [5, 5.41) is 3.22. The zero-order valence-electron chi connectivity index (χ0n) is 9.42. The Kier molecular flexibility index (Phi) is 6.15. The molecule has 0 bridgehead atoms. The van der Waals surface area contributed by atoms with E-state index in [9.17, 15) is 0 Å². The summed E-state index contributed by atoms with van der Waals surface area (Å²) >= 11 is 0. The molecule has 0 amide bonds. The van der Waals surface area contributed by atoms with Crippen molar-refractivity contribution in [3.8, 4) is 0 Å². The van der Waals surface area contributed by atoms with Crippen LogP contribution in [0.4, 0.5) is 0 Å². The molecule has 1 heterocycles. The highest BCUT2D eigenvalue weighted by molar-refractivity contribution is 4.64. The number of rotatable bonds is 6. The summed E-state index contributed by atoms with van der Waals surface area (Å²) in [5.41, 5.74) is 0. The Labute approximate surface area is 87.2 Å². The third-order valence-electron chi connectivity index (χ3n) is 2.80. The minimum atomic E-state index is 0.345. The van der Waals surface area contributed by atoms with Crippen LogP contribution in [0.3, 0.4) is 0 Å². The molecule has 14 heavy (non-hydrogen) atoms. The molecular weight excluding hydrogens is 178 g/mol. The zero-order chi connectivity index (χ0) is 10.2. The molecule has 0 saturated carbocycles. The Morgan fingerprint density at radius 3 is 2.93 bits per heavy atom. The predicted octanol–water partition coefficient (Wildman–Crippen LogP) is 1.57. The van der Waals surface area contributed by atoms with Crippen LogP contribution in [0.25, 0.3) is 0 Å². The first-order valence-electron chi connectivity index (χ1n) is 5.73. The lowest BCUT2D eigenvalue weighted by Gasteiger charge is -2.23. The highest BCUT2D eigenvalue weighted by atomic mass is 16.5. The largest absolute Gasteiger partial charge is 0.377 e. The summed E-state index contributed by atoms with van der Waals surface area (Å²) in [6.45, 7) is 4.64. The molecule has 1 rings (SSSR count). The number of nitrogens with one attached hydrogen (secondary N) is 1. The topological polar surface area (TPSA) is 30.5 Å². The van der Waals surface area contributed by atoms with E-state index in [1.807, 2.05) is 7.05 Å². The van der Waals surface area contributed by atoms with Crippen molar-refractivity contribution < 1.29 is 9.47 Å². The number of hydrogen-bond acceptors (Lipinski definition) is 3. The van der Waals surface area contributed by atoms with Crippen LogP contribution in [0.15, 0.2) is 0 Å². The normalized spacial score (nSPS) is 24.9. The molecule has 0 aromatic rings. The molecule has 1 N–H and O–H groups in total.